The van der Waals surface area contributed by atoms with E-state index < -0.39 is 22.5 Å². The van der Waals surface area contributed by atoms with Crippen LogP contribution in [0.15, 0.2) is 19.2 Å². The number of H-pyrrole nitrogens is 4. The Hall–Kier alpha value is -4.10. The number of nitrogens with one attached hydrogen (secondary N) is 4. The minimum Gasteiger partial charge on any atom is -0.369 e. The molecular weight excluding hydrogens is 324 g/mol. The Balaban J connectivity index is 2.27. The molecule has 0 aliphatic heterocycles. The average molecular weight is 332 g/mol. The number of nitrogens with two attached hydrogens (primary N) is 2. The molecule has 24 heavy (non-hydrogen) atoms. The lowest BCUT2D eigenvalue weighted by Gasteiger charge is -2.03. The smallest absolute Gasteiger partial charge is 0.347 e. The first-order valence-electron chi connectivity index (χ1n) is 6.38. The number of fused-ring (bicyclic) bond motifs is 2. The SMILES string of the molecule is Nc1nc2c([nH]c(=O)n2-n2c(=O)[nH]c3c(=O)[nH]c(N)nc32)c(=O)[nH]1. The summed E-state index contributed by atoms with van der Waals surface area (Å²) in [5.41, 5.74) is 6.98. The minimum atomic E-state index is -0.864. The first-order valence-corrected chi connectivity index (χ1v) is 6.38. The molecule has 4 aromatic rings. The molecule has 8 N–H and O–H groups in total. The van der Waals surface area contributed by atoms with Gasteiger partial charge in [-0.05, 0) is 0 Å². The van der Waals surface area contributed by atoms with Gasteiger partial charge < -0.3 is 11.5 Å². The average Bonchev–Trinajstić information content (AvgIpc) is 2.96. The molecule has 0 saturated heterocycles. The monoisotopic (exact) mass is 332 g/mol. The van der Waals surface area contributed by atoms with Crippen LogP contribution in [0.2, 0.25) is 0 Å². The van der Waals surface area contributed by atoms with E-state index in [0.717, 1.165) is 9.35 Å². The van der Waals surface area contributed by atoms with Crippen molar-refractivity contribution in [2.75, 3.05) is 11.5 Å². The lowest BCUT2D eigenvalue weighted by Crippen LogP contribution is -2.32. The third-order valence-electron chi connectivity index (χ3n) is 3.29. The third-order valence-corrected chi connectivity index (χ3v) is 3.29. The summed E-state index contributed by atoms with van der Waals surface area (Å²) in [4.78, 5) is 64.8. The maximum Gasteiger partial charge on any atom is 0.347 e. The molecule has 0 amide bonds. The highest BCUT2D eigenvalue weighted by Gasteiger charge is 2.20. The highest BCUT2D eigenvalue weighted by atomic mass is 16.2. The van der Waals surface area contributed by atoms with E-state index >= 15 is 0 Å². The Morgan fingerprint density at radius 1 is 0.667 bits per heavy atom. The number of anilines is 2. The Bertz CT molecular complexity index is 1250. The van der Waals surface area contributed by atoms with Crippen molar-refractivity contribution in [2.24, 2.45) is 0 Å². The maximum atomic E-state index is 12.2. The van der Waals surface area contributed by atoms with Crippen LogP contribution in [-0.2, 0) is 0 Å². The minimum absolute atomic E-state index is 0.201. The molecule has 0 aromatic carbocycles. The van der Waals surface area contributed by atoms with Crippen molar-refractivity contribution in [3.63, 3.8) is 0 Å². The molecule has 0 unspecified atom stereocenters. The molecule has 0 aliphatic rings. The van der Waals surface area contributed by atoms with Crippen molar-refractivity contribution in [3.05, 3.63) is 41.7 Å². The molecule has 4 aromatic heterocycles. The number of aromatic amines is 4. The largest absolute Gasteiger partial charge is 0.369 e. The molecule has 4 rings (SSSR count). The Morgan fingerprint density at radius 3 is 1.42 bits per heavy atom. The number of nitrogen functional groups attached to an aromatic ring is 2. The Labute approximate surface area is 127 Å². The molecule has 0 fully saturated rings. The highest BCUT2D eigenvalue weighted by molar-refractivity contribution is 5.74. The highest BCUT2D eigenvalue weighted by Crippen LogP contribution is 2.07. The fourth-order valence-corrected chi connectivity index (χ4v) is 2.37. The van der Waals surface area contributed by atoms with Crippen LogP contribution in [0.1, 0.15) is 0 Å². The first kappa shape index (κ1) is 13.6. The predicted octanol–water partition coefficient (Wildman–Crippen LogP) is -3.39. The second-order valence-electron chi connectivity index (χ2n) is 4.78. The van der Waals surface area contributed by atoms with E-state index in [1.165, 1.54) is 0 Å². The number of rotatable bonds is 1. The van der Waals surface area contributed by atoms with Crippen LogP contribution < -0.4 is 34.0 Å². The van der Waals surface area contributed by atoms with Gasteiger partial charge in [-0.15, -0.1) is 0 Å². The fourth-order valence-electron chi connectivity index (χ4n) is 2.37. The summed E-state index contributed by atoms with van der Waals surface area (Å²) >= 11 is 0. The quantitative estimate of drug-likeness (QED) is 0.206. The zero-order chi connectivity index (χ0) is 17.2. The molecule has 0 bridgehead atoms. The van der Waals surface area contributed by atoms with Gasteiger partial charge in [0.15, 0.2) is 22.3 Å². The van der Waals surface area contributed by atoms with Crippen LogP contribution in [0.4, 0.5) is 11.9 Å². The molecule has 0 aliphatic carbocycles. The predicted molar refractivity (Wildman–Crippen MR) is 81.6 cm³/mol. The van der Waals surface area contributed by atoms with Crippen LogP contribution in [-0.4, -0.2) is 39.3 Å². The summed E-state index contributed by atoms with van der Waals surface area (Å²) in [7, 11) is 0. The fraction of sp³-hybridized carbons (Fsp3) is 0. The second kappa shape index (κ2) is 4.22. The van der Waals surface area contributed by atoms with Crippen molar-refractivity contribution in [3.8, 4) is 0 Å². The molecule has 122 valence electrons. The van der Waals surface area contributed by atoms with Gasteiger partial charge in [0.05, 0.1) is 0 Å². The van der Waals surface area contributed by atoms with E-state index in [4.69, 9.17) is 11.5 Å². The zero-order valence-corrected chi connectivity index (χ0v) is 11.6. The van der Waals surface area contributed by atoms with Gasteiger partial charge in [-0.1, -0.05) is 0 Å². The molecule has 0 atom stereocenters. The number of imidazole rings is 2. The van der Waals surface area contributed by atoms with Gasteiger partial charge in [-0.2, -0.15) is 19.3 Å². The van der Waals surface area contributed by atoms with Gasteiger partial charge in [0.25, 0.3) is 11.1 Å². The van der Waals surface area contributed by atoms with E-state index in [0.29, 0.717) is 0 Å². The number of aromatic nitrogens is 8. The van der Waals surface area contributed by atoms with Crippen LogP contribution in [0, 0.1) is 0 Å². The zero-order valence-electron chi connectivity index (χ0n) is 11.6. The third kappa shape index (κ3) is 1.64. The van der Waals surface area contributed by atoms with E-state index in [-0.39, 0.29) is 34.2 Å². The Morgan fingerprint density at radius 2 is 1.04 bits per heavy atom. The first-order chi connectivity index (χ1) is 11.4. The van der Waals surface area contributed by atoms with Gasteiger partial charge in [0, 0.05) is 0 Å². The van der Waals surface area contributed by atoms with E-state index in [1.807, 2.05) is 0 Å². The van der Waals surface area contributed by atoms with Gasteiger partial charge in [0.2, 0.25) is 11.9 Å². The number of nitrogens with zero attached hydrogens (tertiary/aromatic N) is 4. The van der Waals surface area contributed by atoms with Crippen molar-refractivity contribution in [1.82, 2.24) is 39.3 Å². The van der Waals surface area contributed by atoms with E-state index in [9.17, 15) is 19.2 Å². The standard InChI is InChI=1S/C10H8N10O4/c11-7-15-3-1(5(21)17-7)13-9(23)19(3)20-4-2(14-10(20)24)6(22)18-8(12)16-4/h(H,13,23)(H,14,24)(H3,11,15,17,21)(H3,12,16,18,22). The van der Waals surface area contributed by atoms with Crippen LogP contribution >= 0.6 is 0 Å². The number of hydrogen-bond acceptors (Lipinski definition) is 8. The van der Waals surface area contributed by atoms with Gasteiger partial charge in [-0.25, -0.2) is 9.59 Å². The van der Waals surface area contributed by atoms with Gasteiger partial charge in [0.1, 0.15) is 0 Å². The summed E-state index contributed by atoms with van der Waals surface area (Å²) in [5.74, 6) is -0.531. The number of hydrogen-bond donors (Lipinski definition) is 6. The molecule has 0 saturated carbocycles. The van der Waals surface area contributed by atoms with Crippen molar-refractivity contribution < 1.29 is 0 Å². The second-order valence-corrected chi connectivity index (χ2v) is 4.78. The van der Waals surface area contributed by atoms with Crippen molar-refractivity contribution >= 4 is 34.2 Å². The molecule has 4 heterocycles. The lowest BCUT2D eigenvalue weighted by atomic mass is 10.5. The molecule has 0 spiro atoms. The normalized spacial score (nSPS) is 11.5. The lowest BCUT2D eigenvalue weighted by molar-refractivity contribution is 0.638. The summed E-state index contributed by atoms with van der Waals surface area (Å²) in [5, 5.41) is 0. The van der Waals surface area contributed by atoms with Crippen LogP contribution in [0.5, 0.6) is 0 Å². The van der Waals surface area contributed by atoms with E-state index in [1.54, 1.807) is 0 Å². The Kier molecular flexibility index (Phi) is 2.38. The molecule has 14 nitrogen and oxygen atoms in total. The summed E-state index contributed by atoms with van der Waals surface area (Å²) in [6.45, 7) is 0. The van der Waals surface area contributed by atoms with Crippen LogP contribution in [0.25, 0.3) is 22.3 Å². The van der Waals surface area contributed by atoms with E-state index in [2.05, 4.69) is 29.9 Å². The van der Waals surface area contributed by atoms with Gasteiger partial charge in [-0.3, -0.25) is 29.5 Å². The summed E-state index contributed by atoms with van der Waals surface area (Å²) in [6, 6.07) is 0. The topological polar surface area (TPSA) is 219 Å². The van der Waals surface area contributed by atoms with Crippen molar-refractivity contribution in [1.29, 1.82) is 0 Å². The van der Waals surface area contributed by atoms with Crippen molar-refractivity contribution in [2.45, 2.75) is 0 Å². The van der Waals surface area contributed by atoms with Gasteiger partial charge >= 0.3 is 11.4 Å². The summed E-state index contributed by atoms with van der Waals surface area (Å²) < 4.78 is 1.46. The van der Waals surface area contributed by atoms with Crippen LogP contribution in [0.3, 0.4) is 0 Å². The summed E-state index contributed by atoms with van der Waals surface area (Å²) in [6.07, 6.45) is 0. The maximum absolute atomic E-state index is 12.2. The molecular formula is C10H8N10O4. The molecule has 0 radical (unpaired) electrons. The molecule has 14 heteroatoms.